The third-order valence-electron chi connectivity index (χ3n) is 2.40. The zero-order chi connectivity index (χ0) is 12.2. The van der Waals surface area contributed by atoms with Crippen molar-refractivity contribution < 1.29 is 8.42 Å². The van der Waals surface area contributed by atoms with Crippen molar-refractivity contribution in [3.63, 3.8) is 0 Å². The Hall–Kier alpha value is -1.38. The van der Waals surface area contributed by atoms with Crippen LogP contribution in [0.5, 0.6) is 0 Å². The molecule has 1 aromatic rings. The van der Waals surface area contributed by atoms with Gasteiger partial charge in [0.05, 0.1) is 11.8 Å². The number of nitrogens with zero attached hydrogens (tertiary/aromatic N) is 2. The Labute approximate surface area is 96.2 Å². The Bertz CT molecular complexity index is 476. The summed E-state index contributed by atoms with van der Waals surface area (Å²) in [6, 6.07) is 10.1. The number of benzene rings is 1. The van der Waals surface area contributed by atoms with E-state index in [1.54, 1.807) is 31.2 Å². The monoisotopic (exact) mass is 238 g/mol. The minimum Gasteiger partial charge on any atom is -0.212 e. The van der Waals surface area contributed by atoms with E-state index in [4.69, 9.17) is 5.26 Å². The van der Waals surface area contributed by atoms with Gasteiger partial charge in [-0.1, -0.05) is 30.3 Å². The molecule has 0 saturated heterocycles. The third-order valence-corrected chi connectivity index (χ3v) is 4.22. The lowest BCUT2D eigenvalue weighted by Crippen LogP contribution is -2.31. The second-order valence-corrected chi connectivity index (χ2v) is 5.68. The molecule has 16 heavy (non-hydrogen) atoms. The standard InChI is InChI=1S/C11H14N2O2S/c1-3-16(14,15)13(2)11(9-12)10-7-5-4-6-8-10/h4-8,11H,3H2,1-2H3. The Balaban J connectivity index is 3.07. The van der Waals surface area contributed by atoms with Crippen molar-refractivity contribution in [3.8, 4) is 6.07 Å². The summed E-state index contributed by atoms with van der Waals surface area (Å²) in [5.74, 6) is -0.00544. The summed E-state index contributed by atoms with van der Waals surface area (Å²) in [6.07, 6.45) is 0. The first-order valence-corrected chi connectivity index (χ1v) is 6.54. The van der Waals surface area contributed by atoms with Crippen LogP contribution >= 0.6 is 0 Å². The van der Waals surface area contributed by atoms with Crippen LogP contribution < -0.4 is 0 Å². The molecule has 1 unspecified atom stereocenters. The largest absolute Gasteiger partial charge is 0.215 e. The van der Waals surface area contributed by atoms with Crippen LogP contribution in [0.3, 0.4) is 0 Å². The molecule has 0 aromatic heterocycles. The van der Waals surface area contributed by atoms with Gasteiger partial charge in [-0.15, -0.1) is 0 Å². The first kappa shape index (κ1) is 12.7. The van der Waals surface area contributed by atoms with Gasteiger partial charge in [-0.3, -0.25) is 0 Å². The minimum atomic E-state index is -3.35. The smallest absolute Gasteiger partial charge is 0.212 e. The van der Waals surface area contributed by atoms with Crippen LogP contribution in [0, 0.1) is 11.3 Å². The summed E-state index contributed by atoms with van der Waals surface area (Å²) in [4.78, 5) is 0. The van der Waals surface area contributed by atoms with E-state index < -0.39 is 16.1 Å². The molecular weight excluding hydrogens is 224 g/mol. The summed E-state index contributed by atoms with van der Waals surface area (Å²) in [7, 11) is -1.92. The SMILES string of the molecule is CCS(=O)(=O)N(C)C(C#N)c1ccccc1. The van der Waals surface area contributed by atoms with Crippen LogP contribution in [0.2, 0.25) is 0 Å². The first-order valence-electron chi connectivity index (χ1n) is 4.93. The predicted octanol–water partition coefficient (Wildman–Crippen LogP) is 1.53. The molecule has 0 bridgehead atoms. The fourth-order valence-corrected chi connectivity index (χ4v) is 2.26. The Morgan fingerprint density at radius 3 is 2.38 bits per heavy atom. The molecule has 0 fully saturated rings. The lowest BCUT2D eigenvalue weighted by atomic mass is 10.1. The number of sulfonamides is 1. The molecular formula is C11H14N2O2S. The highest BCUT2D eigenvalue weighted by molar-refractivity contribution is 7.89. The quantitative estimate of drug-likeness (QED) is 0.799. The highest BCUT2D eigenvalue weighted by atomic mass is 32.2. The molecule has 5 heteroatoms. The molecule has 1 rings (SSSR count). The van der Waals surface area contributed by atoms with Crippen LogP contribution in [0.1, 0.15) is 18.5 Å². The maximum Gasteiger partial charge on any atom is 0.215 e. The Morgan fingerprint density at radius 1 is 1.38 bits per heavy atom. The topological polar surface area (TPSA) is 61.2 Å². The van der Waals surface area contributed by atoms with Crippen LogP contribution in [0.25, 0.3) is 0 Å². The Morgan fingerprint density at radius 2 is 1.94 bits per heavy atom. The van der Waals surface area contributed by atoms with Gasteiger partial charge in [0.2, 0.25) is 10.0 Å². The molecule has 0 aliphatic heterocycles. The van der Waals surface area contributed by atoms with Crippen molar-refractivity contribution in [2.45, 2.75) is 13.0 Å². The molecule has 0 N–H and O–H groups in total. The molecule has 86 valence electrons. The summed E-state index contributed by atoms with van der Waals surface area (Å²) < 4.78 is 24.4. The molecule has 0 heterocycles. The molecule has 0 radical (unpaired) electrons. The maximum atomic E-state index is 11.6. The molecule has 1 atom stereocenters. The van der Waals surface area contributed by atoms with Crippen molar-refractivity contribution in [3.05, 3.63) is 35.9 Å². The second kappa shape index (κ2) is 5.10. The van der Waals surface area contributed by atoms with Crippen molar-refractivity contribution in [2.24, 2.45) is 0 Å². The molecule has 0 amide bonds. The van der Waals surface area contributed by atoms with Gasteiger partial charge in [-0.25, -0.2) is 8.42 Å². The van der Waals surface area contributed by atoms with Crippen molar-refractivity contribution in [1.82, 2.24) is 4.31 Å². The van der Waals surface area contributed by atoms with Crippen LogP contribution in [-0.2, 0) is 10.0 Å². The summed E-state index contributed by atoms with van der Waals surface area (Å²) >= 11 is 0. The molecule has 0 saturated carbocycles. The number of nitriles is 1. The van der Waals surface area contributed by atoms with Gasteiger partial charge >= 0.3 is 0 Å². The number of rotatable bonds is 4. The number of hydrogen-bond acceptors (Lipinski definition) is 3. The highest BCUT2D eigenvalue weighted by Crippen LogP contribution is 2.21. The van der Waals surface area contributed by atoms with Crippen LogP contribution in [-0.4, -0.2) is 25.5 Å². The lowest BCUT2D eigenvalue weighted by molar-refractivity contribution is 0.433. The highest BCUT2D eigenvalue weighted by Gasteiger charge is 2.25. The molecule has 0 aliphatic carbocycles. The van der Waals surface area contributed by atoms with Gasteiger partial charge < -0.3 is 0 Å². The Kier molecular flexibility index (Phi) is 4.05. The third kappa shape index (κ3) is 2.60. The minimum absolute atomic E-state index is 0.00544. The van der Waals surface area contributed by atoms with Crippen molar-refractivity contribution in [1.29, 1.82) is 5.26 Å². The van der Waals surface area contributed by atoms with Crippen molar-refractivity contribution >= 4 is 10.0 Å². The first-order chi connectivity index (χ1) is 7.53. The van der Waals surface area contributed by atoms with Gasteiger partial charge in [0.15, 0.2) is 0 Å². The summed E-state index contributed by atoms with van der Waals surface area (Å²) in [5.41, 5.74) is 0.685. The van der Waals surface area contributed by atoms with Gasteiger partial charge in [0.25, 0.3) is 0 Å². The second-order valence-electron chi connectivity index (χ2n) is 3.36. The van der Waals surface area contributed by atoms with E-state index >= 15 is 0 Å². The van der Waals surface area contributed by atoms with Crippen LogP contribution in [0.15, 0.2) is 30.3 Å². The normalized spacial score (nSPS) is 13.4. The van der Waals surface area contributed by atoms with Gasteiger partial charge in [0.1, 0.15) is 6.04 Å². The van der Waals surface area contributed by atoms with Gasteiger partial charge in [0, 0.05) is 7.05 Å². The average Bonchev–Trinajstić information content (AvgIpc) is 2.31. The van der Waals surface area contributed by atoms with E-state index in [1.165, 1.54) is 7.05 Å². The lowest BCUT2D eigenvalue weighted by Gasteiger charge is -2.21. The van der Waals surface area contributed by atoms with Gasteiger partial charge in [-0.2, -0.15) is 9.57 Å². The van der Waals surface area contributed by atoms with E-state index in [-0.39, 0.29) is 5.75 Å². The zero-order valence-corrected chi connectivity index (χ0v) is 10.1. The molecule has 4 nitrogen and oxygen atoms in total. The van der Waals surface area contributed by atoms with E-state index in [1.807, 2.05) is 12.1 Å². The van der Waals surface area contributed by atoms with Crippen LogP contribution in [0.4, 0.5) is 0 Å². The van der Waals surface area contributed by atoms with E-state index in [2.05, 4.69) is 0 Å². The summed E-state index contributed by atoms with van der Waals surface area (Å²) in [5, 5.41) is 9.05. The maximum absolute atomic E-state index is 11.6. The molecule has 0 aliphatic rings. The molecule has 0 spiro atoms. The predicted molar refractivity (Wildman–Crippen MR) is 62.0 cm³/mol. The van der Waals surface area contributed by atoms with Crippen molar-refractivity contribution in [2.75, 3.05) is 12.8 Å². The van der Waals surface area contributed by atoms with E-state index in [0.29, 0.717) is 5.56 Å². The van der Waals surface area contributed by atoms with Gasteiger partial charge in [-0.05, 0) is 12.5 Å². The zero-order valence-electron chi connectivity index (χ0n) is 9.29. The fraction of sp³-hybridized carbons (Fsp3) is 0.364. The number of hydrogen-bond donors (Lipinski definition) is 0. The fourth-order valence-electron chi connectivity index (χ4n) is 1.37. The molecule has 1 aromatic carbocycles. The summed E-state index contributed by atoms with van der Waals surface area (Å²) in [6.45, 7) is 1.56. The van der Waals surface area contributed by atoms with E-state index in [0.717, 1.165) is 4.31 Å². The average molecular weight is 238 g/mol. The van der Waals surface area contributed by atoms with E-state index in [9.17, 15) is 8.42 Å².